The topological polar surface area (TPSA) is 90.0 Å². The Morgan fingerprint density at radius 1 is 0.829 bits per heavy atom. The molecule has 4 rings (SSSR count). The van der Waals surface area contributed by atoms with Crippen molar-refractivity contribution in [2.24, 2.45) is 0 Å². The number of rotatable bonds is 6. The molecule has 1 saturated heterocycles. The van der Waals surface area contributed by atoms with Gasteiger partial charge in [0.1, 0.15) is 0 Å². The molecule has 1 aliphatic heterocycles. The van der Waals surface area contributed by atoms with Crippen molar-refractivity contribution in [1.29, 1.82) is 0 Å². The minimum atomic E-state index is -3.85. The molecule has 0 bridgehead atoms. The molecule has 0 radical (unpaired) electrons. The van der Waals surface area contributed by atoms with E-state index >= 15 is 0 Å². The maximum atomic E-state index is 12.9. The van der Waals surface area contributed by atoms with Crippen molar-refractivity contribution >= 4 is 33.1 Å². The van der Waals surface area contributed by atoms with Crippen LogP contribution in [-0.4, -0.2) is 45.7 Å². The van der Waals surface area contributed by atoms with Gasteiger partial charge in [-0.05, 0) is 86.3 Å². The molecule has 184 valence electrons. The normalized spacial score (nSPS) is 14.2. The standard InChI is InChI=1S/C27H31N3O4S/c1-18-14-19(2)16-23(15-18)35(33,34)28-22-8-9-26(24(17-22)27(31)32)30-12-10-29(11-13-30)25-7-5-6-20(3)21(25)4/h5-9,14-17,28H,10-13H2,1-4H3,(H,31,32). The average Bonchev–Trinajstić information content (AvgIpc) is 2.80. The Hall–Kier alpha value is -3.52. The van der Waals surface area contributed by atoms with E-state index in [1.807, 2.05) is 24.8 Å². The summed E-state index contributed by atoms with van der Waals surface area (Å²) in [5.74, 6) is -1.09. The van der Waals surface area contributed by atoms with Crippen LogP contribution in [0.15, 0.2) is 59.5 Å². The van der Waals surface area contributed by atoms with E-state index in [1.165, 1.54) is 22.9 Å². The molecule has 0 aliphatic carbocycles. The molecule has 0 aromatic heterocycles. The summed E-state index contributed by atoms with van der Waals surface area (Å²) in [5, 5.41) is 9.89. The highest BCUT2D eigenvalue weighted by Crippen LogP contribution is 2.29. The first-order valence-electron chi connectivity index (χ1n) is 11.6. The number of nitrogens with one attached hydrogen (secondary N) is 1. The van der Waals surface area contributed by atoms with Crippen molar-refractivity contribution in [3.05, 3.63) is 82.4 Å². The van der Waals surface area contributed by atoms with E-state index in [4.69, 9.17) is 0 Å². The Kier molecular flexibility index (Phi) is 6.76. The molecule has 3 aromatic rings. The monoisotopic (exact) mass is 493 g/mol. The number of carboxylic acids is 1. The summed E-state index contributed by atoms with van der Waals surface area (Å²) < 4.78 is 28.4. The first kappa shape index (κ1) is 24.6. The molecule has 35 heavy (non-hydrogen) atoms. The quantitative estimate of drug-likeness (QED) is 0.515. The van der Waals surface area contributed by atoms with Gasteiger partial charge in [0.2, 0.25) is 0 Å². The summed E-state index contributed by atoms with van der Waals surface area (Å²) in [6.45, 7) is 10.8. The highest BCUT2D eigenvalue weighted by molar-refractivity contribution is 7.92. The third-order valence-electron chi connectivity index (χ3n) is 6.52. The number of anilines is 3. The number of aryl methyl sites for hydroxylation is 3. The number of hydrogen-bond acceptors (Lipinski definition) is 5. The smallest absolute Gasteiger partial charge is 0.337 e. The minimum Gasteiger partial charge on any atom is -0.478 e. The van der Waals surface area contributed by atoms with Crippen LogP contribution in [0, 0.1) is 27.7 Å². The number of sulfonamides is 1. The number of piperazine rings is 1. The highest BCUT2D eigenvalue weighted by Gasteiger charge is 2.24. The molecule has 1 heterocycles. The molecule has 7 nitrogen and oxygen atoms in total. The zero-order valence-electron chi connectivity index (χ0n) is 20.5. The van der Waals surface area contributed by atoms with E-state index in [0.29, 0.717) is 18.8 Å². The van der Waals surface area contributed by atoms with Crippen molar-refractivity contribution in [3.63, 3.8) is 0 Å². The second-order valence-electron chi connectivity index (χ2n) is 9.16. The van der Waals surface area contributed by atoms with Crippen molar-refractivity contribution in [2.45, 2.75) is 32.6 Å². The molecule has 0 amide bonds. The van der Waals surface area contributed by atoms with E-state index < -0.39 is 16.0 Å². The van der Waals surface area contributed by atoms with Crippen LogP contribution in [0.3, 0.4) is 0 Å². The summed E-state index contributed by atoms with van der Waals surface area (Å²) in [6, 6.07) is 16.1. The maximum Gasteiger partial charge on any atom is 0.337 e. The van der Waals surface area contributed by atoms with Gasteiger partial charge in [-0.25, -0.2) is 13.2 Å². The highest BCUT2D eigenvalue weighted by atomic mass is 32.2. The van der Waals surface area contributed by atoms with Crippen LogP contribution in [0.2, 0.25) is 0 Å². The van der Waals surface area contributed by atoms with Gasteiger partial charge < -0.3 is 14.9 Å². The Bertz CT molecular complexity index is 1360. The van der Waals surface area contributed by atoms with Crippen LogP contribution in [0.5, 0.6) is 0 Å². The number of aromatic carboxylic acids is 1. The van der Waals surface area contributed by atoms with Gasteiger partial charge in [0, 0.05) is 37.6 Å². The van der Waals surface area contributed by atoms with Crippen molar-refractivity contribution in [3.8, 4) is 0 Å². The summed E-state index contributed by atoms with van der Waals surface area (Å²) in [5.41, 5.74) is 6.28. The second kappa shape index (κ2) is 9.62. The van der Waals surface area contributed by atoms with Gasteiger partial charge in [-0.2, -0.15) is 0 Å². The van der Waals surface area contributed by atoms with Crippen molar-refractivity contribution in [1.82, 2.24) is 0 Å². The van der Waals surface area contributed by atoms with Gasteiger partial charge in [0.15, 0.2) is 0 Å². The van der Waals surface area contributed by atoms with E-state index in [2.05, 4.69) is 41.7 Å². The Labute approximate surface area is 207 Å². The van der Waals surface area contributed by atoms with Crippen molar-refractivity contribution in [2.75, 3.05) is 40.7 Å². The number of carbonyl (C=O) groups is 1. The van der Waals surface area contributed by atoms with Gasteiger partial charge in [0.05, 0.1) is 16.1 Å². The summed E-state index contributed by atoms with van der Waals surface area (Å²) in [6.07, 6.45) is 0. The first-order chi connectivity index (χ1) is 16.5. The predicted molar refractivity (Wildman–Crippen MR) is 140 cm³/mol. The third-order valence-corrected chi connectivity index (χ3v) is 7.88. The van der Waals surface area contributed by atoms with Crippen LogP contribution >= 0.6 is 0 Å². The first-order valence-corrected chi connectivity index (χ1v) is 13.1. The molecule has 1 fully saturated rings. The van der Waals surface area contributed by atoms with Gasteiger partial charge >= 0.3 is 5.97 Å². The molecular formula is C27H31N3O4S. The van der Waals surface area contributed by atoms with Crippen LogP contribution in [0.25, 0.3) is 0 Å². The molecule has 1 aliphatic rings. The molecule has 0 spiro atoms. The summed E-state index contributed by atoms with van der Waals surface area (Å²) in [7, 11) is -3.85. The lowest BCUT2D eigenvalue weighted by Gasteiger charge is -2.38. The van der Waals surface area contributed by atoms with E-state index in [1.54, 1.807) is 24.3 Å². The van der Waals surface area contributed by atoms with Gasteiger partial charge in [-0.3, -0.25) is 4.72 Å². The molecule has 3 aromatic carbocycles. The SMILES string of the molecule is Cc1cc(C)cc(S(=O)(=O)Nc2ccc(N3CCN(c4cccc(C)c4C)CC3)c(C(=O)O)c2)c1. The lowest BCUT2D eigenvalue weighted by atomic mass is 10.1. The number of hydrogen-bond donors (Lipinski definition) is 2. The fraction of sp³-hybridized carbons (Fsp3) is 0.296. The minimum absolute atomic E-state index is 0.0748. The van der Waals surface area contributed by atoms with Gasteiger partial charge in [-0.1, -0.05) is 18.2 Å². The van der Waals surface area contributed by atoms with E-state index in [-0.39, 0.29) is 16.1 Å². The number of nitrogens with zero attached hydrogens (tertiary/aromatic N) is 2. The average molecular weight is 494 g/mol. The molecule has 2 N–H and O–H groups in total. The van der Waals surface area contributed by atoms with E-state index in [9.17, 15) is 18.3 Å². The van der Waals surface area contributed by atoms with Gasteiger partial charge in [0.25, 0.3) is 10.0 Å². The molecule has 0 saturated carbocycles. The maximum absolute atomic E-state index is 12.9. The zero-order chi connectivity index (χ0) is 25.3. The van der Waals surface area contributed by atoms with Gasteiger partial charge in [-0.15, -0.1) is 0 Å². The molecule has 0 atom stereocenters. The Morgan fingerprint density at radius 3 is 2.03 bits per heavy atom. The lowest BCUT2D eigenvalue weighted by Crippen LogP contribution is -2.47. The number of carboxylic acid groups (broad SMARTS) is 1. The lowest BCUT2D eigenvalue weighted by molar-refractivity contribution is 0.0697. The Balaban J connectivity index is 1.54. The third kappa shape index (κ3) is 5.27. The zero-order valence-corrected chi connectivity index (χ0v) is 21.3. The fourth-order valence-corrected chi connectivity index (χ4v) is 5.85. The largest absolute Gasteiger partial charge is 0.478 e. The predicted octanol–water partition coefficient (Wildman–Crippen LogP) is 4.75. The number of benzene rings is 3. The fourth-order valence-electron chi connectivity index (χ4n) is 4.62. The van der Waals surface area contributed by atoms with Crippen LogP contribution in [-0.2, 0) is 10.0 Å². The summed E-state index contributed by atoms with van der Waals surface area (Å²) in [4.78, 5) is 16.6. The Morgan fingerprint density at radius 2 is 1.43 bits per heavy atom. The molecule has 8 heteroatoms. The van der Waals surface area contributed by atoms with E-state index in [0.717, 1.165) is 24.2 Å². The second-order valence-corrected chi connectivity index (χ2v) is 10.8. The van der Waals surface area contributed by atoms with Crippen molar-refractivity contribution < 1.29 is 18.3 Å². The molecule has 0 unspecified atom stereocenters. The molecular weight excluding hydrogens is 462 g/mol. The van der Waals surface area contributed by atoms with Crippen LogP contribution in [0.1, 0.15) is 32.6 Å². The van der Waals surface area contributed by atoms with Crippen LogP contribution in [0.4, 0.5) is 17.1 Å². The summed E-state index contributed by atoms with van der Waals surface area (Å²) >= 11 is 0. The van der Waals surface area contributed by atoms with Crippen LogP contribution < -0.4 is 14.5 Å².